The van der Waals surface area contributed by atoms with Crippen LogP contribution in [0.1, 0.15) is 30.3 Å². The fraction of sp³-hybridized carbons (Fsp3) is 0.500. The lowest BCUT2D eigenvalue weighted by molar-refractivity contribution is 0.0972. The molecule has 0 N–H and O–H groups in total. The number of Topliss-reactive ketones (excluding diaryl/α,β-unsaturated/α-hetero) is 1. The summed E-state index contributed by atoms with van der Waals surface area (Å²) in [6.45, 7) is 1.99. The van der Waals surface area contributed by atoms with Gasteiger partial charge in [-0.1, -0.05) is 6.92 Å². The number of aryl methyl sites for hydroxylation is 1. The average Bonchev–Trinajstić information content (AvgIpc) is 2.36. The fourth-order valence-corrected chi connectivity index (χ4v) is 1.00. The van der Waals surface area contributed by atoms with Gasteiger partial charge in [-0.3, -0.25) is 9.48 Å². The fourth-order valence-electron chi connectivity index (χ4n) is 1.00. The molecule has 0 radical (unpaired) electrons. The minimum absolute atomic E-state index is 0.174. The molecule has 0 saturated carbocycles. The number of carbonyl (C=O) groups is 1. The highest BCUT2D eigenvalue weighted by atomic mass is 16.1. The molecule has 1 aromatic heterocycles. The Hall–Kier alpha value is -1.12. The van der Waals surface area contributed by atoms with Crippen LogP contribution < -0.4 is 0 Å². The van der Waals surface area contributed by atoms with Crippen LogP contribution >= 0.6 is 0 Å². The zero-order valence-electron chi connectivity index (χ0n) is 6.87. The van der Waals surface area contributed by atoms with Crippen molar-refractivity contribution < 1.29 is 4.79 Å². The lowest BCUT2D eigenvalue weighted by Gasteiger charge is -1.97. The van der Waals surface area contributed by atoms with E-state index >= 15 is 0 Å². The molecule has 3 heteroatoms. The highest BCUT2D eigenvalue weighted by Gasteiger charge is 2.07. The molecule has 3 nitrogen and oxygen atoms in total. The van der Waals surface area contributed by atoms with Gasteiger partial charge in [0.2, 0.25) is 0 Å². The van der Waals surface area contributed by atoms with Crippen LogP contribution in [0.5, 0.6) is 0 Å². The van der Waals surface area contributed by atoms with E-state index in [1.54, 1.807) is 24.0 Å². The van der Waals surface area contributed by atoms with Gasteiger partial charge >= 0.3 is 0 Å². The molecular formula is C8H12N2O. The van der Waals surface area contributed by atoms with Gasteiger partial charge in [-0.2, -0.15) is 5.10 Å². The van der Waals surface area contributed by atoms with E-state index < -0.39 is 0 Å². The Balaban J connectivity index is 2.76. The van der Waals surface area contributed by atoms with Crippen LogP contribution in [0.25, 0.3) is 0 Å². The third kappa shape index (κ3) is 1.67. The lowest BCUT2D eigenvalue weighted by atomic mass is 10.2. The second-order valence-corrected chi connectivity index (χ2v) is 2.51. The van der Waals surface area contributed by atoms with Crippen molar-refractivity contribution in [3.63, 3.8) is 0 Å². The van der Waals surface area contributed by atoms with Crippen molar-refractivity contribution in [3.8, 4) is 0 Å². The summed E-state index contributed by atoms with van der Waals surface area (Å²) in [5, 5.41) is 3.92. The van der Waals surface area contributed by atoms with Gasteiger partial charge < -0.3 is 0 Å². The molecule has 60 valence electrons. The summed E-state index contributed by atoms with van der Waals surface area (Å²) in [5.74, 6) is 0.174. The van der Waals surface area contributed by atoms with Gasteiger partial charge in [0.25, 0.3) is 0 Å². The normalized spacial score (nSPS) is 10.0. The zero-order chi connectivity index (χ0) is 8.27. The number of nitrogens with zero attached hydrogens (tertiary/aromatic N) is 2. The molecule has 0 unspecified atom stereocenters. The van der Waals surface area contributed by atoms with Crippen LogP contribution in [0.3, 0.4) is 0 Å². The predicted octanol–water partition coefficient (Wildman–Crippen LogP) is 1.40. The van der Waals surface area contributed by atoms with Crippen LogP contribution in [0.15, 0.2) is 12.3 Å². The first-order valence-electron chi connectivity index (χ1n) is 3.77. The number of hydrogen-bond acceptors (Lipinski definition) is 2. The quantitative estimate of drug-likeness (QED) is 0.614. The Morgan fingerprint density at radius 2 is 2.45 bits per heavy atom. The van der Waals surface area contributed by atoms with Crippen molar-refractivity contribution in [1.29, 1.82) is 0 Å². The number of ketones is 1. The molecule has 0 bridgehead atoms. The Labute approximate surface area is 66.0 Å². The molecule has 11 heavy (non-hydrogen) atoms. The molecule has 1 aromatic rings. The van der Waals surface area contributed by atoms with Crippen molar-refractivity contribution in [2.75, 3.05) is 0 Å². The lowest BCUT2D eigenvalue weighted by Crippen LogP contribution is -2.05. The number of hydrogen-bond donors (Lipinski definition) is 0. The second kappa shape index (κ2) is 3.32. The van der Waals surface area contributed by atoms with Crippen molar-refractivity contribution in [3.05, 3.63) is 18.0 Å². The molecule has 0 aliphatic rings. The molecule has 0 amide bonds. The van der Waals surface area contributed by atoms with Crippen LogP contribution in [-0.4, -0.2) is 15.6 Å². The first-order valence-corrected chi connectivity index (χ1v) is 3.77. The van der Waals surface area contributed by atoms with Gasteiger partial charge in [0.15, 0.2) is 5.78 Å². The van der Waals surface area contributed by atoms with Gasteiger partial charge in [0, 0.05) is 19.7 Å². The summed E-state index contributed by atoms with van der Waals surface area (Å²) in [6.07, 6.45) is 3.15. The molecule has 0 spiro atoms. The summed E-state index contributed by atoms with van der Waals surface area (Å²) < 4.78 is 1.61. The molecule has 0 atom stereocenters. The Kier molecular flexibility index (Phi) is 2.41. The summed E-state index contributed by atoms with van der Waals surface area (Å²) in [6, 6.07) is 1.75. The Morgan fingerprint density at radius 3 is 2.91 bits per heavy atom. The molecule has 1 heterocycles. The molecule has 0 aliphatic carbocycles. The standard InChI is InChI=1S/C8H12N2O/c1-3-4-8(11)7-5-6-9-10(7)2/h5-6H,3-4H2,1-2H3. The number of carbonyl (C=O) groups excluding carboxylic acids is 1. The average molecular weight is 152 g/mol. The number of aromatic nitrogens is 2. The van der Waals surface area contributed by atoms with E-state index in [2.05, 4.69) is 5.10 Å². The van der Waals surface area contributed by atoms with Crippen LogP contribution in [0.4, 0.5) is 0 Å². The van der Waals surface area contributed by atoms with Gasteiger partial charge in [-0.15, -0.1) is 0 Å². The van der Waals surface area contributed by atoms with E-state index in [9.17, 15) is 4.79 Å². The van der Waals surface area contributed by atoms with Crippen molar-refractivity contribution >= 4 is 5.78 Å². The van der Waals surface area contributed by atoms with Gasteiger partial charge in [0.1, 0.15) is 5.69 Å². The molecule has 0 aliphatic heterocycles. The summed E-state index contributed by atoms with van der Waals surface area (Å²) in [5.41, 5.74) is 0.701. The van der Waals surface area contributed by atoms with Gasteiger partial charge in [0.05, 0.1) is 0 Å². The largest absolute Gasteiger partial charge is 0.292 e. The molecular weight excluding hydrogens is 140 g/mol. The maximum atomic E-state index is 11.3. The summed E-state index contributed by atoms with van der Waals surface area (Å²) >= 11 is 0. The van der Waals surface area contributed by atoms with Crippen molar-refractivity contribution in [2.24, 2.45) is 7.05 Å². The summed E-state index contributed by atoms with van der Waals surface area (Å²) in [4.78, 5) is 11.3. The predicted molar refractivity (Wildman–Crippen MR) is 42.4 cm³/mol. The maximum absolute atomic E-state index is 11.3. The molecule has 0 fully saturated rings. The minimum atomic E-state index is 0.174. The Morgan fingerprint density at radius 1 is 1.73 bits per heavy atom. The van der Waals surface area contributed by atoms with E-state index in [4.69, 9.17) is 0 Å². The second-order valence-electron chi connectivity index (χ2n) is 2.51. The molecule has 1 rings (SSSR count). The smallest absolute Gasteiger partial charge is 0.180 e. The highest BCUT2D eigenvalue weighted by molar-refractivity contribution is 5.94. The maximum Gasteiger partial charge on any atom is 0.180 e. The zero-order valence-corrected chi connectivity index (χ0v) is 6.87. The van der Waals surface area contributed by atoms with Crippen molar-refractivity contribution in [1.82, 2.24) is 9.78 Å². The van der Waals surface area contributed by atoms with Crippen LogP contribution in [0, 0.1) is 0 Å². The SMILES string of the molecule is CCCC(=O)c1ccnn1C. The van der Waals surface area contributed by atoms with Crippen LogP contribution in [-0.2, 0) is 7.05 Å². The number of rotatable bonds is 3. The molecule has 0 saturated heterocycles. The van der Waals surface area contributed by atoms with Gasteiger partial charge in [-0.05, 0) is 12.5 Å². The van der Waals surface area contributed by atoms with E-state index in [0.29, 0.717) is 12.1 Å². The third-order valence-corrected chi connectivity index (χ3v) is 1.58. The third-order valence-electron chi connectivity index (χ3n) is 1.58. The van der Waals surface area contributed by atoms with E-state index in [1.165, 1.54) is 0 Å². The highest BCUT2D eigenvalue weighted by Crippen LogP contribution is 2.02. The Bertz CT molecular complexity index is 252. The van der Waals surface area contributed by atoms with Crippen LogP contribution in [0.2, 0.25) is 0 Å². The van der Waals surface area contributed by atoms with E-state index in [1.807, 2.05) is 6.92 Å². The molecule has 0 aromatic carbocycles. The van der Waals surface area contributed by atoms with Gasteiger partial charge in [-0.25, -0.2) is 0 Å². The van der Waals surface area contributed by atoms with E-state index in [0.717, 1.165) is 6.42 Å². The first-order chi connectivity index (χ1) is 5.25. The first kappa shape index (κ1) is 7.98. The van der Waals surface area contributed by atoms with Crippen molar-refractivity contribution in [2.45, 2.75) is 19.8 Å². The topological polar surface area (TPSA) is 34.9 Å². The monoisotopic (exact) mass is 152 g/mol. The summed E-state index contributed by atoms with van der Waals surface area (Å²) in [7, 11) is 1.78. The van der Waals surface area contributed by atoms with E-state index in [-0.39, 0.29) is 5.78 Å². The minimum Gasteiger partial charge on any atom is -0.292 e.